The molecule has 0 spiro atoms. The van der Waals surface area contributed by atoms with Crippen LogP contribution in [0.25, 0.3) is 0 Å². The van der Waals surface area contributed by atoms with Crippen LogP contribution in [-0.4, -0.2) is 5.11 Å². The minimum Gasteiger partial charge on any atom is -0.505 e. The Hall–Kier alpha value is -2.03. The molecule has 0 aliphatic heterocycles. The lowest BCUT2D eigenvalue weighted by Gasteiger charge is -2.10. The zero-order chi connectivity index (χ0) is 13.1. The maximum absolute atomic E-state index is 13.1. The SMILES string of the molecule is Cc1ccc(CNc2ccc(O)c(F)c2)c(C)c1. The smallest absolute Gasteiger partial charge is 0.166 e. The summed E-state index contributed by atoms with van der Waals surface area (Å²) in [4.78, 5) is 0. The van der Waals surface area contributed by atoms with Crippen LogP contribution in [0.4, 0.5) is 10.1 Å². The monoisotopic (exact) mass is 245 g/mol. The zero-order valence-electron chi connectivity index (χ0n) is 10.5. The van der Waals surface area contributed by atoms with Gasteiger partial charge in [-0.15, -0.1) is 0 Å². The number of phenols is 1. The fourth-order valence-corrected chi connectivity index (χ4v) is 1.86. The van der Waals surface area contributed by atoms with Crippen LogP contribution in [0.5, 0.6) is 5.75 Å². The molecule has 94 valence electrons. The predicted octanol–water partition coefficient (Wildman–Crippen LogP) is 3.76. The van der Waals surface area contributed by atoms with Crippen molar-refractivity contribution in [2.75, 3.05) is 5.32 Å². The molecule has 0 aliphatic carbocycles. The van der Waals surface area contributed by atoms with E-state index in [2.05, 4.69) is 37.4 Å². The lowest BCUT2D eigenvalue weighted by molar-refractivity contribution is 0.432. The molecule has 0 unspecified atom stereocenters. The summed E-state index contributed by atoms with van der Waals surface area (Å²) in [7, 11) is 0. The minimum atomic E-state index is -0.611. The Morgan fingerprint density at radius 1 is 1.11 bits per heavy atom. The summed E-state index contributed by atoms with van der Waals surface area (Å²) in [6.07, 6.45) is 0. The van der Waals surface area contributed by atoms with Crippen molar-refractivity contribution >= 4 is 5.69 Å². The first-order valence-corrected chi connectivity index (χ1v) is 5.85. The third kappa shape index (κ3) is 2.80. The molecule has 0 fully saturated rings. The van der Waals surface area contributed by atoms with Crippen molar-refractivity contribution in [2.45, 2.75) is 20.4 Å². The summed E-state index contributed by atoms with van der Waals surface area (Å²) in [5, 5.41) is 12.2. The first kappa shape index (κ1) is 12.4. The normalized spacial score (nSPS) is 10.4. The van der Waals surface area contributed by atoms with E-state index in [1.807, 2.05) is 0 Å². The van der Waals surface area contributed by atoms with E-state index in [0.29, 0.717) is 12.2 Å². The van der Waals surface area contributed by atoms with Crippen LogP contribution in [0.1, 0.15) is 16.7 Å². The van der Waals surface area contributed by atoms with Crippen LogP contribution in [0.2, 0.25) is 0 Å². The largest absolute Gasteiger partial charge is 0.505 e. The van der Waals surface area contributed by atoms with Gasteiger partial charge in [-0.3, -0.25) is 0 Å². The van der Waals surface area contributed by atoms with Crippen LogP contribution in [-0.2, 0) is 6.54 Å². The lowest BCUT2D eigenvalue weighted by Crippen LogP contribution is -2.01. The molecule has 2 aromatic carbocycles. The van der Waals surface area contributed by atoms with Gasteiger partial charge in [0.05, 0.1) is 0 Å². The molecule has 2 nitrogen and oxygen atoms in total. The topological polar surface area (TPSA) is 32.3 Å². The molecule has 3 heteroatoms. The standard InChI is InChI=1S/C15H16FNO/c1-10-3-4-12(11(2)7-10)9-17-13-5-6-15(18)14(16)8-13/h3-8,17-18H,9H2,1-2H3. The van der Waals surface area contributed by atoms with E-state index in [4.69, 9.17) is 5.11 Å². The molecule has 0 atom stereocenters. The molecular weight excluding hydrogens is 229 g/mol. The Morgan fingerprint density at radius 3 is 2.56 bits per heavy atom. The molecule has 2 rings (SSSR count). The highest BCUT2D eigenvalue weighted by atomic mass is 19.1. The molecule has 18 heavy (non-hydrogen) atoms. The third-order valence-corrected chi connectivity index (χ3v) is 2.93. The summed E-state index contributed by atoms with van der Waals surface area (Å²) >= 11 is 0. The number of halogens is 1. The minimum absolute atomic E-state index is 0.327. The Bertz CT molecular complexity index is 566. The van der Waals surface area contributed by atoms with E-state index in [9.17, 15) is 4.39 Å². The van der Waals surface area contributed by atoms with Crippen molar-refractivity contribution in [3.63, 3.8) is 0 Å². The van der Waals surface area contributed by atoms with Crippen molar-refractivity contribution in [2.24, 2.45) is 0 Å². The average molecular weight is 245 g/mol. The van der Waals surface area contributed by atoms with Gasteiger partial charge in [0.1, 0.15) is 0 Å². The number of hydrogen-bond donors (Lipinski definition) is 2. The van der Waals surface area contributed by atoms with Crippen molar-refractivity contribution in [1.82, 2.24) is 0 Å². The fourth-order valence-electron chi connectivity index (χ4n) is 1.86. The molecule has 0 aromatic heterocycles. The zero-order valence-corrected chi connectivity index (χ0v) is 10.5. The van der Waals surface area contributed by atoms with Crippen molar-refractivity contribution in [3.8, 4) is 5.75 Å². The Kier molecular flexibility index (Phi) is 3.51. The summed E-state index contributed by atoms with van der Waals surface area (Å²) in [6, 6.07) is 10.5. The molecule has 0 saturated carbocycles. The van der Waals surface area contributed by atoms with E-state index in [1.54, 1.807) is 6.07 Å². The van der Waals surface area contributed by atoms with Gasteiger partial charge in [-0.05, 0) is 37.1 Å². The predicted molar refractivity (Wildman–Crippen MR) is 71.3 cm³/mol. The maximum atomic E-state index is 13.1. The van der Waals surface area contributed by atoms with E-state index in [0.717, 1.165) is 0 Å². The average Bonchev–Trinajstić information content (AvgIpc) is 2.32. The highest BCUT2D eigenvalue weighted by Gasteiger charge is 2.02. The number of phenolic OH excluding ortho intramolecular Hbond substituents is 1. The van der Waals surface area contributed by atoms with Crippen LogP contribution in [0.3, 0.4) is 0 Å². The maximum Gasteiger partial charge on any atom is 0.166 e. The fraction of sp³-hybridized carbons (Fsp3) is 0.200. The van der Waals surface area contributed by atoms with Gasteiger partial charge in [0.2, 0.25) is 0 Å². The quantitative estimate of drug-likeness (QED) is 0.807. The Balaban J connectivity index is 2.09. The second-order valence-corrected chi connectivity index (χ2v) is 4.45. The highest BCUT2D eigenvalue weighted by Crippen LogP contribution is 2.20. The molecule has 0 saturated heterocycles. The molecule has 0 heterocycles. The van der Waals surface area contributed by atoms with Gasteiger partial charge in [-0.1, -0.05) is 23.8 Å². The van der Waals surface area contributed by atoms with Crippen LogP contribution < -0.4 is 5.32 Å². The van der Waals surface area contributed by atoms with Gasteiger partial charge in [0.25, 0.3) is 0 Å². The van der Waals surface area contributed by atoms with E-state index >= 15 is 0 Å². The van der Waals surface area contributed by atoms with Crippen LogP contribution >= 0.6 is 0 Å². The van der Waals surface area contributed by atoms with E-state index in [1.165, 1.54) is 28.8 Å². The summed E-state index contributed by atoms with van der Waals surface area (Å²) in [5.41, 5.74) is 4.27. The highest BCUT2D eigenvalue weighted by molar-refractivity contribution is 5.47. The Labute approximate surface area is 106 Å². The molecule has 2 N–H and O–H groups in total. The first-order valence-electron chi connectivity index (χ1n) is 5.85. The first-order chi connectivity index (χ1) is 8.56. The van der Waals surface area contributed by atoms with E-state index in [-0.39, 0.29) is 5.75 Å². The van der Waals surface area contributed by atoms with Crippen molar-refractivity contribution in [3.05, 3.63) is 58.9 Å². The molecule has 0 amide bonds. The van der Waals surface area contributed by atoms with Crippen molar-refractivity contribution in [1.29, 1.82) is 0 Å². The molecule has 0 bridgehead atoms. The number of aryl methyl sites for hydroxylation is 2. The number of hydrogen-bond acceptors (Lipinski definition) is 2. The van der Waals surface area contributed by atoms with Gasteiger partial charge in [0, 0.05) is 18.3 Å². The van der Waals surface area contributed by atoms with E-state index < -0.39 is 5.82 Å². The number of rotatable bonds is 3. The molecular formula is C15H16FNO. The summed E-state index contributed by atoms with van der Waals surface area (Å²) in [5.74, 6) is -0.937. The Morgan fingerprint density at radius 2 is 1.89 bits per heavy atom. The van der Waals surface area contributed by atoms with Crippen molar-refractivity contribution < 1.29 is 9.50 Å². The number of anilines is 1. The number of nitrogens with one attached hydrogen (secondary N) is 1. The lowest BCUT2D eigenvalue weighted by atomic mass is 10.1. The van der Waals surface area contributed by atoms with Gasteiger partial charge < -0.3 is 10.4 Å². The van der Waals surface area contributed by atoms with Crippen LogP contribution in [0, 0.1) is 19.7 Å². The van der Waals surface area contributed by atoms with Gasteiger partial charge in [-0.2, -0.15) is 0 Å². The second-order valence-electron chi connectivity index (χ2n) is 4.45. The summed E-state index contributed by atoms with van der Waals surface area (Å²) < 4.78 is 13.1. The molecule has 2 aromatic rings. The number of aromatic hydroxyl groups is 1. The number of benzene rings is 2. The summed E-state index contributed by atoms with van der Waals surface area (Å²) in [6.45, 7) is 4.75. The van der Waals surface area contributed by atoms with Gasteiger partial charge in [0.15, 0.2) is 11.6 Å². The van der Waals surface area contributed by atoms with Gasteiger partial charge in [-0.25, -0.2) is 4.39 Å². The van der Waals surface area contributed by atoms with Crippen LogP contribution in [0.15, 0.2) is 36.4 Å². The second kappa shape index (κ2) is 5.08. The third-order valence-electron chi connectivity index (χ3n) is 2.93. The molecule has 0 radical (unpaired) electrons. The van der Waals surface area contributed by atoms with Gasteiger partial charge >= 0.3 is 0 Å². The molecule has 0 aliphatic rings.